The molecule has 25 heavy (non-hydrogen) atoms. The van der Waals surface area contributed by atoms with Gasteiger partial charge in [0.2, 0.25) is 5.91 Å². The molecule has 0 fully saturated rings. The van der Waals surface area contributed by atoms with E-state index in [0.29, 0.717) is 12.1 Å². The van der Waals surface area contributed by atoms with Crippen LogP contribution in [0.4, 0.5) is 5.69 Å². The second-order valence-electron chi connectivity index (χ2n) is 5.78. The molecule has 2 N–H and O–H groups in total. The molecule has 0 aliphatic rings. The maximum Gasteiger partial charge on any atom is 0.307 e. The van der Waals surface area contributed by atoms with Crippen molar-refractivity contribution in [2.75, 3.05) is 12.4 Å². The number of amides is 1. The van der Waals surface area contributed by atoms with E-state index in [9.17, 15) is 14.7 Å². The van der Waals surface area contributed by atoms with E-state index in [0.717, 1.165) is 14.9 Å². The van der Waals surface area contributed by atoms with Gasteiger partial charge in [-0.05, 0) is 71.0 Å². The van der Waals surface area contributed by atoms with Crippen molar-refractivity contribution >= 4 is 40.2 Å². The number of nitrogens with one attached hydrogen (secondary N) is 1. The fraction of sp³-hybridized carbons (Fsp3) is 0.263. The Kier molecular flexibility index (Phi) is 6.81. The number of methoxy groups -OCH3 is 1. The van der Waals surface area contributed by atoms with E-state index in [2.05, 4.69) is 27.9 Å². The van der Waals surface area contributed by atoms with E-state index in [1.807, 2.05) is 24.3 Å². The molecule has 0 saturated heterocycles. The van der Waals surface area contributed by atoms with E-state index >= 15 is 0 Å². The van der Waals surface area contributed by atoms with Crippen molar-refractivity contribution < 1.29 is 19.4 Å². The van der Waals surface area contributed by atoms with Crippen LogP contribution in [0.3, 0.4) is 0 Å². The molecule has 0 unspecified atom stereocenters. The summed E-state index contributed by atoms with van der Waals surface area (Å²) in [5.74, 6) is -2.05. The lowest BCUT2D eigenvalue weighted by Gasteiger charge is -2.21. The Bertz CT molecular complexity index is 728. The topological polar surface area (TPSA) is 75.6 Å². The van der Waals surface area contributed by atoms with Crippen LogP contribution < -0.4 is 10.1 Å². The molecule has 2 rings (SSSR count). The summed E-state index contributed by atoms with van der Waals surface area (Å²) in [5, 5.41) is 12.2. The molecule has 5 nitrogen and oxygen atoms in total. The van der Waals surface area contributed by atoms with Gasteiger partial charge in [0.15, 0.2) is 0 Å². The van der Waals surface area contributed by atoms with Gasteiger partial charge in [-0.3, -0.25) is 9.59 Å². The highest BCUT2D eigenvalue weighted by molar-refractivity contribution is 14.1. The Balaban J connectivity index is 2.17. The van der Waals surface area contributed by atoms with Crippen LogP contribution in [-0.4, -0.2) is 24.1 Å². The second-order valence-corrected chi connectivity index (χ2v) is 7.03. The fourth-order valence-corrected chi connectivity index (χ4v) is 2.81. The zero-order chi connectivity index (χ0) is 18.4. The highest BCUT2D eigenvalue weighted by Gasteiger charge is 2.30. The number of hydrogen-bond acceptors (Lipinski definition) is 3. The number of rotatable bonds is 7. The van der Waals surface area contributed by atoms with Crippen molar-refractivity contribution in [2.45, 2.75) is 13.3 Å². The molecular weight excluding hydrogens is 433 g/mol. The fourth-order valence-electron chi connectivity index (χ4n) is 2.45. The summed E-state index contributed by atoms with van der Waals surface area (Å²) in [5.41, 5.74) is 1.54. The third-order valence-electron chi connectivity index (χ3n) is 4.06. The van der Waals surface area contributed by atoms with E-state index in [1.165, 1.54) is 0 Å². The van der Waals surface area contributed by atoms with Gasteiger partial charge in [-0.1, -0.05) is 19.1 Å². The molecule has 0 saturated carbocycles. The first-order valence-corrected chi connectivity index (χ1v) is 8.90. The van der Waals surface area contributed by atoms with E-state index < -0.39 is 17.8 Å². The zero-order valence-electron chi connectivity index (χ0n) is 14.0. The first-order valence-electron chi connectivity index (χ1n) is 7.83. The third-order valence-corrected chi connectivity index (χ3v) is 4.78. The van der Waals surface area contributed by atoms with Gasteiger partial charge in [-0.25, -0.2) is 0 Å². The van der Waals surface area contributed by atoms with Gasteiger partial charge in [0.1, 0.15) is 5.75 Å². The summed E-state index contributed by atoms with van der Waals surface area (Å²) in [6.45, 7) is 1.56. The van der Waals surface area contributed by atoms with Gasteiger partial charge in [-0.2, -0.15) is 0 Å². The van der Waals surface area contributed by atoms with Gasteiger partial charge < -0.3 is 15.2 Å². The highest BCUT2D eigenvalue weighted by atomic mass is 127. The predicted molar refractivity (Wildman–Crippen MR) is 105 cm³/mol. The molecule has 132 valence electrons. The summed E-state index contributed by atoms with van der Waals surface area (Å²) >= 11 is 2.18. The first kappa shape index (κ1) is 19.2. The molecule has 0 spiro atoms. The molecule has 6 heteroatoms. The van der Waals surface area contributed by atoms with E-state index in [1.54, 1.807) is 38.3 Å². The second kappa shape index (κ2) is 8.84. The number of aliphatic carboxylic acids is 1. The number of benzene rings is 2. The summed E-state index contributed by atoms with van der Waals surface area (Å²) in [4.78, 5) is 24.1. The summed E-state index contributed by atoms with van der Waals surface area (Å²) in [7, 11) is 1.58. The lowest BCUT2D eigenvalue weighted by molar-refractivity contribution is -0.145. The predicted octanol–water partition coefficient (Wildman–Crippen LogP) is 3.82. The van der Waals surface area contributed by atoms with Crippen molar-refractivity contribution in [3.05, 3.63) is 57.7 Å². The van der Waals surface area contributed by atoms with Gasteiger partial charge in [-0.15, -0.1) is 0 Å². The molecule has 2 atom stereocenters. The molecule has 1 amide bonds. The van der Waals surface area contributed by atoms with Crippen molar-refractivity contribution in [3.63, 3.8) is 0 Å². The van der Waals surface area contributed by atoms with Gasteiger partial charge >= 0.3 is 5.97 Å². The number of halogens is 1. The van der Waals surface area contributed by atoms with Crippen LogP contribution >= 0.6 is 22.6 Å². The Morgan fingerprint density at radius 1 is 1.12 bits per heavy atom. The van der Waals surface area contributed by atoms with Crippen LogP contribution in [0.2, 0.25) is 0 Å². The minimum absolute atomic E-state index is 0.299. The molecular formula is C19H20INO4. The first-order chi connectivity index (χ1) is 11.9. The van der Waals surface area contributed by atoms with Crippen molar-refractivity contribution in [1.82, 2.24) is 0 Å². The van der Waals surface area contributed by atoms with E-state index in [4.69, 9.17) is 4.74 Å². The Morgan fingerprint density at radius 2 is 1.72 bits per heavy atom. The molecule has 2 aromatic carbocycles. The van der Waals surface area contributed by atoms with Gasteiger partial charge in [0.25, 0.3) is 0 Å². The van der Waals surface area contributed by atoms with Crippen LogP contribution in [0.5, 0.6) is 5.75 Å². The largest absolute Gasteiger partial charge is 0.497 e. The third kappa shape index (κ3) is 5.45. The summed E-state index contributed by atoms with van der Waals surface area (Å²) in [6, 6.07) is 14.7. The standard InChI is InChI=1S/C19H20INO4/c1-12(19(23)24)17(11-13-3-9-16(25-2)10-4-13)18(22)21-15-7-5-14(20)6-8-15/h3-10,12,17H,11H2,1-2H3,(H,21,22)(H,23,24)/t12-,17-/m0/s1. The van der Waals surface area contributed by atoms with Crippen LogP contribution in [0.15, 0.2) is 48.5 Å². The van der Waals surface area contributed by atoms with Gasteiger partial charge in [0.05, 0.1) is 18.9 Å². The quantitative estimate of drug-likeness (QED) is 0.626. The summed E-state index contributed by atoms with van der Waals surface area (Å²) in [6.07, 6.45) is 0.341. The highest BCUT2D eigenvalue weighted by Crippen LogP contribution is 2.22. The molecule has 0 bridgehead atoms. The van der Waals surface area contributed by atoms with Crippen LogP contribution in [0.25, 0.3) is 0 Å². The molecule has 0 heterocycles. The minimum atomic E-state index is -0.990. The average molecular weight is 453 g/mol. The monoisotopic (exact) mass is 453 g/mol. The Labute approximate surface area is 160 Å². The minimum Gasteiger partial charge on any atom is -0.497 e. The molecule has 2 aromatic rings. The number of carbonyl (C=O) groups excluding carboxylic acids is 1. The van der Waals surface area contributed by atoms with Crippen molar-refractivity contribution in [3.8, 4) is 5.75 Å². The number of carbonyl (C=O) groups is 2. The number of hydrogen-bond donors (Lipinski definition) is 2. The van der Waals surface area contributed by atoms with Gasteiger partial charge in [0, 0.05) is 9.26 Å². The molecule has 0 radical (unpaired) electrons. The summed E-state index contributed by atoms with van der Waals surface area (Å²) < 4.78 is 6.18. The van der Waals surface area contributed by atoms with Crippen LogP contribution in [0.1, 0.15) is 12.5 Å². The molecule has 0 aliphatic carbocycles. The normalized spacial score (nSPS) is 12.9. The lowest BCUT2D eigenvalue weighted by atomic mass is 9.87. The number of ether oxygens (including phenoxy) is 1. The van der Waals surface area contributed by atoms with Crippen LogP contribution in [0, 0.1) is 15.4 Å². The number of carboxylic acids is 1. The average Bonchev–Trinajstić information content (AvgIpc) is 2.61. The smallest absolute Gasteiger partial charge is 0.307 e. The maximum atomic E-state index is 12.7. The number of anilines is 1. The maximum absolute atomic E-state index is 12.7. The Morgan fingerprint density at radius 3 is 2.24 bits per heavy atom. The molecule has 0 aliphatic heterocycles. The van der Waals surface area contributed by atoms with E-state index in [-0.39, 0.29) is 5.91 Å². The van der Waals surface area contributed by atoms with Crippen molar-refractivity contribution in [1.29, 1.82) is 0 Å². The van der Waals surface area contributed by atoms with Crippen molar-refractivity contribution in [2.24, 2.45) is 11.8 Å². The lowest BCUT2D eigenvalue weighted by Crippen LogP contribution is -2.33. The SMILES string of the molecule is COc1ccc(C[C@H](C(=O)Nc2ccc(I)cc2)[C@H](C)C(=O)O)cc1. The number of carboxylic acid groups (broad SMARTS) is 1. The van der Waals surface area contributed by atoms with Crippen LogP contribution in [-0.2, 0) is 16.0 Å². The Hall–Kier alpha value is -2.09. The zero-order valence-corrected chi connectivity index (χ0v) is 16.2. The molecule has 0 aromatic heterocycles.